The van der Waals surface area contributed by atoms with E-state index in [2.05, 4.69) is 54.6 Å². The average Bonchev–Trinajstić information content (AvgIpc) is 3.07. The van der Waals surface area contributed by atoms with Crippen molar-refractivity contribution in [3.63, 3.8) is 0 Å². The summed E-state index contributed by atoms with van der Waals surface area (Å²) >= 11 is 0. The van der Waals surface area contributed by atoms with Crippen LogP contribution in [-0.2, 0) is 13.2 Å². The predicted molar refractivity (Wildman–Crippen MR) is 137 cm³/mol. The maximum Gasteiger partial charge on any atom is 0.255 e. The van der Waals surface area contributed by atoms with Gasteiger partial charge < -0.3 is 10.1 Å². The van der Waals surface area contributed by atoms with E-state index in [1.54, 1.807) is 0 Å². The summed E-state index contributed by atoms with van der Waals surface area (Å²) in [6.07, 6.45) is 0. The minimum atomic E-state index is -0.158. The van der Waals surface area contributed by atoms with Crippen molar-refractivity contribution in [3.8, 4) is 5.75 Å². The maximum absolute atomic E-state index is 13.1. The van der Waals surface area contributed by atoms with E-state index < -0.39 is 0 Å². The van der Waals surface area contributed by atoms with Gasteiger partial charge in [-0.15, -0.1) is 0 Å². The van der Waals surface area contributed by atoms with Crippen molar-refractivity contribution in [2.75, 3.05) is 5.32 Å². The highest BCUT2D eigenvalue weighted by Crippen LogP contribution is 2.23. The molecule has 4 aromatic rings. The zero-order chi connectivity index (χ0) is 24.2. The summed E-state index contributed by atoms with van der Waals surface area (Å²) in [6.45, 7) is 11.1. The van der Waals surface area contributed by atoms with Crippen LogP contribution < -0.4 is 10.1 Å². The van der Waals surface area contributed by atoms with Gasteiger partial charge in [-0.25, -0.2) is 0 Å². The number of nitrogens with one attached hydrogen (secondary N) is 1. The Hall–Kier alpha value is -3.86. The molecule has 5 heteroatoms. The number of hydrogen-bond donors (Lipinski definition) is 1. The quantitative estimate of drug-likeness (QED) is 0.357. The summed E-state index contributed by atoms with van der Waals surface area (Å²) in [6, 6.07) is 22.1. The molecule has 1 aromatic heterocycles. The van der Waals surface area contributed by atoms with Crippen LogP contribution >= 0.6 is 0 Å². The Kier molecular flexibility index (Phi) is 6.82. The number of anilines is 1. The van der Waals surface area contributed by atoms with E-state index in [-0.39, 0.29) is 5.91 Å². The van der Waals surface area contributed by atoms with Gasteiger partial charge in [0.15, 0.2) is 0 Å². The van der Waals surface area contributed by atoms with Gasteiger partial charge in [0.05, 0.1) is 23.6 Å². The highest BCUT2D eigenvalue weighted by atomic mass is 16.5. The minimum Gasteiger partial charge on any atom is -0.489 e. The summed E-state index contributed by atoms with van der Waals surface area (Å²) in [5, 5.41) is 7.71. The van der Waals surface area contributed by atoms with Crippen molar-refractivity contribution in [1.82, 2.24) is 9.78 Å². The molecule has 0 unspecified atom stereocenters. The van der Waals surface area contributed by atoms with Gasteiger partial charge in [-0.3, -0.25) is 9.48 Å². The summed E-state index contributed by atoms with van der Waals surface area (Å²) in [7, 11) is 0. The molecule has 4 rings (SSSR count). The summed E-state index contributed by atoms with van der Waals surface area (Å²) in [5.74, 6) is 0.696. The molecule has 1 heterocycles. The van der Waals surface area contributed by atoms with Gasteiger partial charge in [0, 0.05) is 5.56 Å². The number of benzene rings is 3. The van der Waals surface area contributed by atoms with Crippen LogP contribution in [0.5, 0.6) is 5.75 Å². The summed E-state index contributed by atoms with van der Waals surface area (Å²) in [5.41, 5.74) is 8.72. The molecule has 0 bridgehead atoms. The highest BCUT2D eigenvalue weighted by molar-refractivity contribution is 6.05. The van der Waals surface area contributed by atoms with Crippen molar-refractivity contribution < 1.29 is 9.53 Å². The van der Waals surface area contributed by atoms with Crippen molar-refractivity contribution in [2.24, 2.45) is 0 Å². The second kappa shape index (κ2) is 9.96. The van der Waals surface area contributed by atoms with E-state index in [0.29, 0.717) is 18.7 Å². The lowest BCUT2D eigenvalue weighted by atomic mass is 10.1. The van der Waals surface area contributed by atoms with Crippen LogP contribution in [0.1, 0.15) is 49.6 Å². The standard InChI is InChI=1S/C29H31N3O2/c1-19-9-12-24(13-10-19)17-32-23(5)28(22(4)31-32)30-29(33)26-8-6-7-25(16-26)18-34-27-14-11-20(2)15-21(27)3/h6-16H,17-18H2,1-5H3,(H,30,33). The average molecular weight is 454 g/mol. The SMILES string of the molecule is Cc1ccc(Cn2nc(C)c(NC(=O)c3cccc(COc4ccc(C)cc4C)c3)c2C)cc1. The molecule has 5 nitrogen and oxygen atoms in total. The first-order valence-electron chi connectivity index (χ1n) is 11.5. The van der Waals surface area contributed by atoms with E-state index in [9.17, 15) is 4.79 Å². The van der Waals surface area contributed by atoms with Gasteiger partial charge >= 0.3 is 0 Å². The minimum absolute atomic E-state index is 0.158. The van der Waals surface area contributed by atoms with Crippen LogP contribution in [0.15, 0.2) is 66.7 Å². The third kappa shape index (κ3) is 5.37. The lowest BCUT2D eigenvalue weighted by Crippen LogP contribution is -2.14. The molecule has 0 radical (unpaired) electrons. The molecule has 0 aliphatic rings. The van der Waals surface area contributed by atoms with E-state index in [1.165, 1.54) is 16.7 Å². The number of rotatable bonds is 7. The fourth-order valence-electron chi connectivity index (χ4n) is 4.01. The molecule has 174 valence electrons. The van der Waals surface area contributed by atoms with Crippen LogP contribution in [0.25, 0.3) is 0 Å². The molecule has 0 aliphatic carbocycles. The molecule has 3 aromatic carbocycles. The molecule has 0 saturated carbocycles. The Labute approximate surface area is 201 Å². The Morgan fingerprint density at radius 2 is 1.62 bits per heavy atom. The molecule has 0 fully saturated rings. The third-order valence-corrected chi connectivity index (χ3v) is 5.99. The molecule has 1 N–H and O–H groups in total. The zero-order valence-corrected chi connectivity index (χ0v) is 20.5. The number of carbonyl (C=O) groups is 1. The molecule has 34 heavy (non-hydrogen) atoms. The van der Waals surface area contributed by atoms with Gasteiger partial charge in [0.25, 0.3) is 5.91 Å². The highest BCUT2D eigenvalue weighted by Gasteiger charge is 2.16. The molecule has 1 amide bonds. The number of ether oxygens (including phenoxy) is 1. The van der Waals surface area contributed by atoms with Crippen LogP contribution in [0.3, 0.4) is 0 Å². The lowest BCUT2D eigenvalue weighted by Gasteiger charge is -2.11. The molecular formula is C29H31N3O2. The fourth-order valence-corrected chi connectivity index (χ4v) is 4.01. The fraction of sp³-hybridized carbons (Fsp3) is 0.241. The Morgan fingerprint density at radius 3 is 2.35 bits per heavy atom. The topological polar surface area (TPSA) is 56.2 Å². The smallest absolute Gasteiger partial charge is 0.255 e. The Morgan fingerprint density at radius 1 is 0.882 bits per heavy atom. The molecule has 0 atom stereocenters. The Bertz CT molecular complexity index is 1320. The largest absolute Gasteiger partial charge is 0.489 e. The summed E-state index contributed by atoms with van der Waals surface area (Å²) < 4.78 is 7.93. The van der Waals surface area contributed by atoms with Crippen molar-refractivity contribution in [2.45, 2.75) is 47.8 Å². The molecule has 0 spiro atoms. The molecular weight excluding hydrogens is 422 g/mol. The van der Waals surface area contributed by atoms with Gasteiger partial charge in [0.2, 0.25) is 0 Å². The van der Waals surface area contributed by atoms with Crippen LogP contribution in [0, 0.1) is 34.6 Å². The first-order valence-corrected chi connectivity index (χ1v) is 11.5. The normalized spacial score (nSPS) is 10.9. The lowest BCUT2D eigenvalue weighted by molar-refractivity contribution is 0.102. The monoisotopic (exact) mass is 453 g/mol. The van der Waals surface area contributed by atoms with Gasteiger partial charge in [-0.2, -0.15) is 5.10 Å². The number of aromatic nitrogens is 2. The van der Waals surface area contributed by atoms with E-state index in [0.717, 1.165) is 34.0 Å². The maximum atomic E-state index is 13.1. The zero-order valence-electron chi connectivity index (χ0n) is 20.5. The second-order valence-electron chi connectivity index (χ2n) is 8.90. The van der Waals surface area contributed by atoms with Crippen LogP contribution in [0.4, 0.5) is 5.69 Å². The second-order valence-corrected chi connectivity index (χ2v) is 8.90. The van der Waals surface area contributed by atoms with E-state index >= 15 is 0 Å². The van der Waals surface area contributed by atoms with Gasteiger partial charge in [-0.05, 0) is 69.5 Å². The number of aryl methyl sites for hydroxylation is 4. The third-order valence-electron chi connectivity index (χ3n) is 5.99. The van der Waals surface area contributed by atoms with Crippen molar-refractivity contribution in [3.05, 3.63) is 111 Å². The number of nitrogens with zero attached hydrogens (tertiary/aromatic N) is 2. The van der Waals surface area contributed by atoms with E-state index in [1.807, 2.05) is 61.9 Å². The summed E-state index contributed by atoms with van der Waals surface area (Å²) in [4.78, 5) is 13.1. The van der Waals surface area contributed by atoms with Crippen LogP contribution in [0.2, 0.25) is 0 Å². The predicted octanol–water partition coefficient (Wildman–Crippen LogP) is 6.30. The number of hydrogen-bond acceptors (Lipinski definition) is 3. The van der Waals surface area contributed by atoms with Gasteiger partial charge in [0.1, 0.15) is 12.4 Å². The number of amides is 1. The van der Waals surface area contributed by atoms with Gasteiger partial charge in [-0.1, -0.05) is 59.7 Å². The first kappa shape index (κ1) is 23.3. The Balaban J connectivity index is 1.45. The number of carbonyl (C=O) groups excluding carboxylic acids is 1. The molecule has 0 saturated heterocycles. The van der Waals surface area contributed by atoms with Crippen LogP contribution in [-0.4, -0.2) is 15.7 Å². The van der Waals surface area contributed by atoms with Crippen molar-refractivity contribution >= 4 is 11.6 Å². The van der Waals surface area contributed by atoms with E-state index in [4.69, 9.17) is 4.74 Å². The first-order chi connectivity index (χ1) is 16.3. The molecule has 0 aliphatic heterocycles. The van der Waals surface area contributed by atoms with Crippen molar-refractivity contribution in [1.29, 1.82) is 0 Å².